The van der Waals surface area contributed by atoms with Crippen molar-refractivity contribution < 1.29 is 9.84 Å². The van der Waals surface area contributed by atoms with Crippen LogP contribution in [0, 0.1) is 0 Å². The number of rotatable bonds is 7. The van der Waals surface area contributed by atoms with Gasteiger partial charge in [0, 0.05) is 11.6 Å². The molecule has 0 fully saturated rings. The van der Waals surface area contributed by atoms with E-state index in [1.165, 1.54) is 10.8 Å². The van der Waals surface area contributed by atoms with Gasteiger partial charge in [0.2, 0.25) is 0 Å². The SMILES string of the molecule is C[Si](C)(c1ccccc1)C(/C=C(/O)OCc1ccccc1)c1ccccc1. The molecule has 1 unspecified atom stereocenters. The normalized spacial score (nSPS) is 13.2. The van der Waals surface area contributed by atoms with E-state index in [0.717, 1.165) is 5.56 Å². The zero-order valence-electron chi connectivity index (χ0n) is 15.9. The van der Waals surface area contributed by atoms with Crippen LogP contribution >= 0.6 is 0 Å². The zero-order chi connectivity index (χ0) is 19.1. The fourth-order valence-corrected chi connectivity index (χ4v) is 6.35. The summed E-state index contributed by atoms with van der Waals surface area (Å²) in [5.74, 6) is -0.00999. The summed E-state index contributed by atoms with van der Waals surface area (Å²) in [5.41, 5.74) is 2.35. The van der Waals surface area contributed by atoms with Gasteiger partial charge >= 0.3 is 0 Å². The summed E-state index contributed by atoms with van der Waals surface area (Å²) in [4.78, 5) is 0. The van der Waals surface area contributed by atoms with E-state index in [9.17, 15) is 5.11 Å². The van der Waals surface area contributed by atoms with Crippen molar-refractivity contribution in [3.63, 3.8) is 0 Å². The van der Waals surface area contributed by atoms with E-state index in [0.29, 0.717) is 6.61 Å². The van der Waals surface area contributed by atoms with Gasteiger partial charge in [-0.2, -0.15) is 0 Å². The van der Waals surface area contributed by atoms with Crippen molar-refractivity contribution in [2.75, 3.05) is 0 Å². The largest absolute Gasteiger partial charge is 0.481 e. The molecule has 0 radical (unpaired) electrons. The zero-order valence-corrected chi connectivity index (χ0v) is 16.9. The van der Waals surface area contributed by atoms with Crippen LogP contribution in [-0.2, 0) is 11.3 Å². The first-order valence-electron chi connectivity index (χ1n) is 9.25. The van der Waals surface area contributed by atoms with Crippen LogP contribution in [0.5, 0.6) is 0 Å². The Morgan fingerprint density at radius 3 is 1.96 bits per heavy atom. The van der Waals surface area contributed by atoms with Gasteiger partial charge in [-0.25, -0.2) is 0 Å². The Morgan fingerprint density at radius 2 is 1.37 bits per heavy atom. The third-order valence-corrected chi connectivity index (χ3v) is 8.87. The van der Waals surface area contributed by atoms with E-state index < -0.39 is 8.07 Å². The van der Waals surface area contributed by atoms with Crippen LogP contribution in [-0.4, -0.2) is 13.2 Å². The number of aliphatic hydroxyl groups is 1. The van der Waals surface area contributed by atoms with Crippen LogP contribution in [0.25, 0.3) is 0 Å². The molecule has 0 spiro atoms. The smallest absolute Gasteiger partial charge is 0.273 e. The van der Waals surface area contributed by atoms with Crippen LogP contribution < -0.4 is 5.19 Å². The number of allylic oxidation sites excluding steroid dienone is 1. The molecule has 0 heterocycles. The molecule has 1 N–H and O–H groups in total. The molecule has 27 heavy (non-hydrogen) atoms. The van der Waals surface area contributed by atoms with Gasteiger partial charge in [-0.1, -0.05) is 109 Å². The molecular weight excluding hydrogens is 348 g/mol. The average molecular weight is 375 g/mol. The maximum atomic E-state index is 10.5. The second-order valence-corrected chi connectivity index (χ2v) is 11.9. The van der Waals surface area contributed by atoms with Gasteiger partial charge in [0.15, 0.2) is 0 Å². The average Bonchev–Trinajstić information content (AvgIpc) is 2.72. The van der Waals surface area contributed by atoms with Gasteiger partial charge in [-0.15, -0.1) is 0 Å². The molecule has 0 aliphatic heterocycles. The molecule has 0 bridgehead atoms. The monoisotopic (exact) mass is 374 g/mol. The molecule has 138 valence electrons. The van der Waals surface area contributed by atoms with E-state index in [4.69, 9.17) is 4.74 Å². The van der Waals surface area contributed by atoms with Gasteiger partial charge < -0.3 is 9.84 Å². The minimum Gasteiger partial charge on any atom is -0.481 e. The molecule has 3 aromatic rings. The first-order chi connectivity index (χ1) is 13.1. The second kappa shape index (κ2) is 8.74. The van der Waals surface area contributed by atoms with Crippen molar-refractivity contribution in [2.24, 2.45) is 0 Å². The summed E-state index contributed by atoms with van der Waals surface area (Å²) in [7, 11) is -1.94. The molecule has 3 heteroatoms. The molecule has 0 saturated carbocycles. The summed E-state index contributed by atoms with van der Waals surface area (Å²) in [5, 5.41) is 11.9. The van der Waals surface area contributed by atoms with Crippen molar-refractivity contribution in [3.05, 3.63) is 114 Å². The van der Waals surface area contributed by atoms with Gasteiger partial charge in [-0.05, 0) is 11.1 Å². The first-order valence-corrected chi connectivity index (χ1v) is 12.3. The van der Waals surface area contributed by atoms with Crippen LogP contribution in [0.1, 0.15) is 16.7 Å². The number of benzene rings is 3. The Morgan fingerprint density at radius 1 is 0.852 bits per heavy atom. The van der Waals surface area contributed by atoms with E-state index in [1.54, 1.807) is 0 Å². The van der Waals surface area contributed by atoms with Crippen molar-refractivity contribution in [1.29, 1.82) is 0 Å². The minimum atomic E-state index is -1.94. The molecular formula is C24H26O2Si. The lowest BCUT2D eigenvalue weighted by Gasteiger charge is -2.31. The van der Waals surface area contributed by atoms with Gasteiger partial charge in [0.05, 0.1) is 8.07 Å². The highest BCUT2D eigenvalue weighted by Crippen LogP contribution is 2.29. The highest BCUT2D eigenvalue weighted by Gasteiger charge is 2.34. The topological polar surface area (TPSA) is 29.5 Å². The van der Waals surface area contributed by atoms with Gasteiger partial charge in [-0.3, -0.25) is 0 Å². The lowest BCUT2D eigenvalue weighted by molar-refractivity contribution is 0.0814. The summed E-state index contributed by atoms with van der Waals surface area (Å²) >= 11 is 0. The van der Waals surface area contributed by atoms with Crippen LogP contribution in [0.15, 0.2) is 103 Å². The molecule has 3 rings (SSSR count). The molecule has 1 atom stereocenters. The first kappa shape index (κ1) is 19.0. The molecule has 0 saturated heterocycles. The lowest BCUT2D eigenvalue weighted by atomic mass is 10.1. The maximum absolute atomic E-state index is 10.5. The fraction of sp³-hybridized carbons (Fsp3) is 0.167. The number of hydrogen-bond acceptors (Lipinski definition) is 2. The highest BCUT2D eigenvalue weighted by atomic mass is 28.3. The maximum Gasteiger partial charge on any atom is 0.273 e. The summed E-state index contributed by atoms with van der Waals surface area (Å²) in [6.07, 6.45) is 1.89. The number of aliphatic hydroxyl groups excluding tert-OH is 1. The van der Waals surface area contributed by atoms with E-state index in [1.807, 2.05) is 60.7 Å². The Hall–Kier alpha value is -2.78. The predicted octanol–water partition coefficient (Wildman–Crippen LogP) is 5.54. The van der Waals surface area contributed by atoms with Crippen LogP contribution in [0.4, 0.5) is 0 Å². The Bertz CT molecular complexity index is 859. The third-order valence-electron chi connectivity index (χ3n) is 4.99. The lowest BCUT2D eigenvalue weighted by Crippen LogP contribution is -2.47. The van der Waals surface area contributed by atoms with Crippen molar-refractivity contribution in [3.8, 4) is 0 Å². The summed E-state index contributed by atoms with van der Waals surface area (Å²) < 4.78 is 5.65. The Labute approximate surface area is 162 Å². The minimum absolute atomic E-state index is 0.00999. The van der Waals surface area contributed by atoms with Gasteiger partial charge in [0.25, 0.3) is 5.95 Å². The van der Waals surface area contributed by atoms with Crippen molar-refractivity contribution in [1.82, 2.24) is 0 Å². The molecule has 2 nitrogen and oxygen atoms in total. The van der Waals surface area contributed by atoms with Crippen LogP contribution in [0.3, 0.4) is 0 Å². The van der Waals surface area contributed by atoms with Gasteiger partial charge in [0.1, 0.15) is 6.61 Å². The van der Waals surface area contributed by atoms with Crippen LogP contribution in [0.2, 0.25) is 13.1 Å². The molecule has 0 aliphatic carbocycles. The standard InChI is InChI=1S/C24H26O2Si/c1-27(2,22-16-10-5-11-17-22)23(21-14-8-4-9-15-21)18-24(25)26-19-20-12-6-3-7-13-20/h3-18,23,25H,19H2,1-2H3/b24-18-. The highest BCUT2D eigenvalue weighted by molar-refractivity contribution is 6.91. The molecule has 3 aromatic carbocycles. The molecule has 0 amide bonds. The summed E-state index contributed by atoms with van der Waals surface area (Å²) in [6, 6.07) is 30.9. The third kappa shape index (κ3) is 4.89. The van der Waals surface area contributed by atoms with E-state index in [-0.39, 0.29) is 11.5 Å². The van der Waals surface area contributed by atoms with Crippen molar-refractivity contribution in [2.45, 2.75) is 25.2 Å². The fourth-order valence-electron chi connectivity index (χ4n) is 3.35. The predicted molar refractivity (Wildman–Crippen MR) is 115 cm³/mol. The van der Waals surface area contributed by atoms with Crippen molar-refractivity contribution >= 4 is 13.3 Å². The number of ether oxygens (including phenoxy) is 1. The summed E-state index contributed by atoms with van der Waals surface area (Å²) in [6.45, 7) is 5.03. The molecule has 0 aliphatic rings. The molecule has 0 aromatic heterocycles. The number of hydrogen-bond donors (Lipinski definition) is 1. The van der Waals surface area contributed by atoms with E-state index >= 15 is 0 Å². The van der Waals surface area contributed by atoms with E-state index in [2.05, 4.69) is 49.5 Å². The quantitative estimate of drug-likeness (QED) is 0.434. The Balaban J connectivity index is 1.88. The Kier molecular flexibility index (Phi) is 6.15. The second-order valence-electron chi connectivity index (χ2n) is 7.26.